The Morgan fingerprint density at radius 1 is 1.20 bits per heavy atom. The third-order valence-electron chi connectivity index (χ3n) is 2.56. The van der Waals surface area contributed by atoms with Crippen molar-refractivity contribution in [2.45, 2.75) is 45.6 Å². The van der Waals surface area contributed by atoms with Crippen LogP contribution in [0.5, 0.6) is 0 Å². The molecule has 1 aliphatic rings. The second kappa shape index (κ2) is 4.39. The average Bonchev–Trinajstić information content (AvgIpc) is 1.99. The van der Waals surface area contributed by atoms with Gasteiger partial charge in [0.05, 0.1) is 7.05 Å². The molecule has 0 bridgehead atoms. The fourth-order valence-electron chi connectivity index (χ4n) is 1.84. The largest absolute Gasteiger partial charge is 0.452 e. The van der Waals surface area contributed by atoms with Gasteiger partial charge in [0.2, 0.25) is 0 Å². The van der Waals surface area contributed by atoms with Gasteiger partial charge in [-0.2, -0.15) is 5.43 Å². The Bertz CT molecular complexity index is 227. The first-order valence-electron chi connectivity index (χ1n) is 5.67. The van der Waals surface area contributed by atoms with Gasteiger partial charge < -0.3 is 4.74 Å². The summed E-state index contributed by atoms with van der Waals surface area (Å²) in [5, 5.41) is 0. The maximum absolute atomic E-state index is 11.6. The molecule has 0 unspecified atom stereocenters. The van der Waals surface area contributed by atoms with Crippen molar-refractivity contribution in [3.63, 3.8) is 0 Å². The zero-order chi connectivity index (χ0) is 11.5. The lowest BCUT2D eigenvalue weighted by Gasteiger charge is -2.36. The van der Waals surface area contributed by atoms with Gasteiger partial charge in [-0.1, -0.05) is 0 Å². The number of piperidine rings is 1. The Balaban J connectivity index is 2.42. The predicted octanol–water partition coefficient (Wildman–Crippen LogP) is 2.06. The molecule has 4 nitrogen and oxygen atoms in total. The molecule has 0 aliphatic carbocycles. The molecule has 1 fully saturated rings. The summed E-state index contributed by atoms with van der Waals surface area (Å²) in [5.41, 5.74) is 2.51. The van der Waals surface area contributed by atoms with Gasteiger partial charge in [0.1, 0.15) is 18.7 Å². The van der Waals surface area contributed by atoms with Crippen LogP contribution in [-0.4, -0.2) is 36.4 Å². The summed E-state index contributed by atoms with van der Waals surface area (Å²) >= 11 is 0. The number of carbonyl (C=O) groups excluding carboxylic acids is 1. The van der Waals surface area contributed by atoms with Gasteiger partial charge in [0.15, 0.2) is 0 Å². The van der Waals surface area contributed by atoms with Crippen LogP contribution < -0.4 is 5.43 Å². The molecule has 1 rings (SSSR count). The lowest BCUT2D eigenvalue weighted by atomic mass is 10.1. The summed E-state index contributed by atoms with van der Waals surface area (Å²) in [5.74, 6) is 0. The second-order valence-electron chi connectivity index (χ2n) is 5.52. The summed E-state index contributed by atoms with van der Waals surface area (Å²) in [7, 11) is 2.04. The highest BCUT2D eigenvalue weighted by Gasteiger charge is 2.29. The van der Waals surface area contributed by atoms with Crippen molar-refractivity contribution in [2.75, 3.05) is 20.1 Å². The van der Waals surface area contributed by atoms with Crippen molar-refractivity contribution < 1.29 is 14.1 Å². The van der Waals surface area contributed by atoms with Crippen LogP contribution in [0.2, 0.25) is 0 Å². The van der Waals surface area contributed by atoms with Crippen LogP contribution in [-0.2, 0) is 4.74 Å². The van der Waals surface area contributed by atoms with Gasteiger partial charge in [-0.3, -0.25) is 0 Å². The van der Waals surface area contributed by atoms with E-state index in [1.165, 1.54) is 19.3 Å². The SMILES string of the molecule is CC(C)(C)OC(=O)N[N+]1(C)CCCCC1. The van der Waals surface area contributed by atoms with Gasteiger partial charge in [-0.15, -0.1) is 0 Å². The number of hydrogen-bond acceptors (Lipinski definition) is 2. The number of amides is 1. The van der Waals surface area contributed by atoms with Crippen LogP contribution in [0, 0.1) is 0 Å². The topological polar surface area (TPSA) is 38.3 Å². The Hall–Kier alpha value is -0.770. The van der Waals surface area contributed by atoms with Gasteiger partial charge in [-0.25, -0.2) is 9.39 Å². The van der Waals surface area contributed by atoms with E-state index >= 15 is 0 Å². The van der Waals surface area contributed by atoms with Crippen LogP contribution in [0.4, 0.5) is 4.79 Å². The van der Waals surface area contributed by atoms with E-state index < -0.39 is 5.60 Å². The zero-order valence-electron chi connectivity index (χ0n) is 10.3. The minimum atomic E-state index is -0.418. The zero-order valence-corrected chi connectivity index (χ0v) is 10.3. The highest BCUT2D eigenvalue weighted by Crippen LogP contribution is 2.14. The van der Waals surface area contributed by atoms with Crippen molar-refractivity contribution in [1.82, 2.24) is 5.43 Å². The number of nitrogens with one attached hydrogen (secondary N) is 1. The van der Waals surface area contributed by atoms with Crippen LogP contribution in [0.3, 0.4) is 0 Å². The first-order chi connectivity index (χ1) is 6.81. The van der Waals surface area contributed by atoms with Crippen molar-refractivity contribution in [1.29, 1.82) is 0 Å². The number of nitrogens with zero attached hydrogens (tertiary/aromatic N) is 1. The van der Waals surface area contributed by atoms with Crippen molar-refractivity contribution >= 4 is 6.09 Å². The monoisotopic (exact) mass is 215 g/mol. The minimum absolute atomic E-state index is 0.313. The molecule has 1 amide bonds. The standard InChI is InChI=1S/C11H22N2O2/c1-11(2,3)15-10(14)12-13(4)8-6-5-7-9-13/h5-9H2,1-4H3/p+1. The molecular formula is C11H23N2O2+. The molecule has 0 aromatic carbocycles. The summed E-state index contributed by atoms with van der Waals surface area (Å²) in [6.45, 7) is 7.63. The summed E-state index contributed by atoms with van der Waals surface area (Å²) in [6, 6.07) is 0. The molecule has 4 heteroatoms. The smallest absolute Gasteiger partial charge is 0.441 e. The number of carbonyl (C=O) groups is 1. The Labute approximate surface area is 92.1 Å². The number of hydrogen-bond donors (Lipinski definition) is 1. The Morgan fingerprint density at radius 2 is 1.73 bits per heavy atom. The molecule has 0 aromatic heterocycles. The molecule has 1 heterocycles. The van der Waals surface area contributed by atoms with E-state index in [1.54, 1.807) is 0 Å². The minimum Gasteiger partial charge on any atom is -0.441 e. The van der Waals surface area contributed by atoms with Gasteiger partial charge >= 0.3 is 6.09 Å². The molecule has 0 spiro atoms. The molecule has 15 heavy (non-hydrogen) atoms. The lowest BCUT2D eigenvalue weighted by molar-refractivity contribution is -0.948. The van der Waals surface area contributed by atoms with Crippen LogP contribution in [0.15, 0.2) is 0 Å². The third kappa shape index (κ3) is 4.51. The fraction of sp³-hybridized carbons (Fsp3) is 0.909. The predicted molar refractivity (Wildman–Crippen MR) is 59.1 cm³/mol. The van der Waals surface area contributed by atoms with Crippen molar-refractivity contribution in [3.05, 3.63) is 0 Å². The van der Waals surface area contributed by atoms with E-state index in [4.69, 9.17) is 4.74 Å². The maximum atomic E-state index is 11.6. The van der Waals surface area contributed by atoms with Crippen molar-refractivity contribution in [3.8, 4) is 0 Å². The van der Waals surface area contributed by atoms with Gasteiger partial charge in [0.25, 0.3) is 0 Å². The fourth-order valence-corrected chi connectivity index (χ4v) is 1.84. The van der Waals surface area contributed by atoms with E-state index in [1.807, 2.05) is 27.8 Å². The van der Waals surface area contributed by atoms with E-state index in [0.717, 1.165) is 13.1 Å². The first kappa shape index (κ1) is 12.3. The number of quaternary nitrogens is 1. The Morgan fingerprint density at radius 3 is 2.20 bits per heavy atom. The van der Waals surface area contributed by atoms with E-state index in [-0.39, 0.29) is 6.09 Å². The van der Waals surface area contributed by atoms with Crippen LogP contribution in [0.1, 0.15) is 40.0 Å². The highest BCUT2D eigenvalue weighted by molar-refractivity contribution is 5.66. The Kier molecular flexibility index (Phi) is 3.60. The van der Waals surface area contributed by atoms with Crippen molar-refractivity contribution in [2.24, 2.45) is 0 Å². The molecule has 0 atom stereocenters. The molecule has 1 saturated heterocycles. The van der Waals surface area contributed by atoms with E-state index in [9.17, 15) is 4.79 Å². The van der Waals surface area contributed by atoms with Gasteiger partial charge in [-0.05, 0) is 40.0 Å². The summed E-state index contributed by atoms with van der Waals surface area (Å²) < 4.78 is 5.85. The molecular weight excluding hydrogens is 192 g/mol. The second-order valence-corrected chi connectivity index (χ2v) is 5.52. The molecule has 1 N–H and O–H groups in total. The number of rotatable bonds is 1. The average molecular weight is 215 g/mol. The maximum Gasteiger partial charge on any atom is 0.452 e. The van der Waals surface area contributed by atoms with Crippen LogP contribution in [0.25, 0.3) is 0 Å². The van der Waals surface area contributed by atoms with E-state index in [2.05, 4.69) is 5.43 Å². The quantitative estimate of drug-likeness (QED) is 0.680. The van der Waals surface area contributed by atoms with Crippen LogP contribution >= 0.6 is 0 Å². The number of ether oxygens (including phenoxy) is 1. The molecule has 1 aliphatic heterocycles. The lowest BCUT2D eigenvalue weighted by Crippen LogP contribution is -2.60. The molecule has 0 radical (unpaired) electrons. The normalized spacial score (nSPS) is 20.8. The summed E-state index contributed by atoms with van der Waals surface area (Å²) in [4.78, 5) is 11.6. The molecule has 88 valence electrons. The molecule has 0 aromatic rings. The third-order valence-corrected chi connectivity index (χ3v) is 2.56. The molecule has 0 saturated carbocycles. The van der Waals surface area contributed by atoms with E-state index in [0.29, 0.717) is 4.59 Å². The number of likely N-dealkylation sites (tertiary alicyclic amines) is 1. The van der Waals surface area contributed by atoms with Gasteiger partial charge in [0, 0.05) is 0 Å². The first-order valence-corrected chi connectivity index (χ1v) is 5.67. The summed E-state index contributed by atoms with van der Waals surface area (Å²) in [6.07, 6.45) is 3.30. The highest BCUT2D eigenvalue weighted by atomic mass is 16.6.